The van der Waals surface area contributed by atoms with Gasteiger partial charge >= 0.3 is 0 Å². The lowest BCUT2D eigenvalue weighted by atomic mass is 9.86. The van der Waals surface area contributed by atoms with Crippen LogP contribution in [0.1, 0.15) is 52.9 Å². The Hall–Kier alpha value is -0.120. The monoisotopic (exact) mass is 243 g/mol. The van der Waals surface area contributed by atoms with Crippen molar-refractivity contribution < 1.29 is 9.84 Å². The molecule has 0 bridgehead atoms. The highest BCUT2D eigenvalue weighted by molar-refractivity contribution is 4.80. The van der Waals surface area contributed by atoms with Crippen LogP contribution >= 0.6 is 0 Å². The van der Waals surface area contributed by atoms with E-state index in [1.54, 1.807) is 7.11 Å². The summed E-state index contributed by atoms with van der Waals surface area (Å²) in [6, 6.07) is 0.430. The predicted molar refractivity (Wildman–Crippen MR) is 71.1 cm³/mol. The Morgan fingerprint density at radius 1 is 1.35 bits per heavy atom. The lowest BCUT2D eigenvalue weighted by Crippen LogP contribution is -2.41. The van der Waals surface area contributed by atoms with Gasteiger partial charge in [-0.05, 0) is 46.0 Å². The quantitative estimate of drug-likeness (QED) is 0.752. The van der Waals surface area contributed by atoms with E-state index in [1.807, 2.05) is 0 Å². The van der Waals surface area contributed by atoms with Crippen LogP contribution in [-0.2, 0) is 4.74 Å². The molecule has 3 nitrogen and oxygen atoms in total. The summed E-state index contributed by atoms with van der Waals surface area (Å²) >= 11 is 0. The Bertz CT molecular complexity index is 218. The van der Waals surface area contributed by atoms with Gasteiger partial charge in [-0.2, -0.15) is 0 Å². The third-order valence-electron chi connectivity index (χ3n) is 3.95. The van der Waals surface area contributed by atoms with Crippen molar-refractivity contribution in [3.8, 4) is 0 Å². The Morgan fingerprint density at radius 2 is 2.00 bits per heavy atom. The maximum atomic E-state index is 9.90. The minimum atomic E-state index is -0.0983. The average Bonchev–Trinajstić information content (AvgIpc) is 2.27. The van der Waals surface area contributed by atoms with Gasteiger partial charge in [-0.1, -0.05) is 12.8 Å². The smallest absolute Gasteiger partial charge is 0.0637 e. The van der Waals surface area contributed by atoms with Gasteiger partial charge in [-0.25, -0.2) is 0 Å². The van der Waals surface area contributed by atoms with Gasteiger partial charge in [-0.15, -0.1) is 0 Å². The van der Waals surface area contributed by atoms with Crippen molar-refractivity contribution in [2.75, 3.05) is 13.7 Å². The fraction of sp³-hybridized carbons (Fsp3) is 1.00. The molecule has 0 radical (unpaired) electrons. The van der Waals surface area contributed by atoms with Crippen LogP contribution in [0.25, 0.3) is 0 Å². The second-order valence-corrected chi connectivity index (χ2v) is 6.09. The van der Waals surface area contributed by atoms with Gasteiger partial charge in [0.1, 0.15) is 0 Å². The zero-order chi connectivity index (χ0) is 12.9. The number of aliphatic hydroxyl groups is 1. The first-order valence-electron chi connectivity index (χ1n) is 6.91. The van der Waals surface area contributed by atoms with Crippen molar-refractivity contribution >= 4 is 0 Å². The molecular weight excluding hydrogens is 214 g/mol. The molecule has 0 aromatic carbocycles. The summed E-state index contributed by atoms with van der Waals surface area (Å²) in [5, 5.41) is 13.4. The maximum absolute atomic E-state index is 9.90. The highest BCUT2D eigenvalue weighted by Crippen LogP contribution is 2.24. The SMILES string of the molecule is COC(C)(C)CC(C)NCC1CCCCC1O. The third kappa shape index (κ3) is 5.36. The van der Waals surface area contributed by atoms with Crippen LogP contribution in [0, 0.1) is 5.92 Å². The van der Waals surface area contributed by atoms with Crippen molar-refractivity contribution in [1.29, 1.82) is 0 Å². The highest BCUT2D eigenvalue weighted by Gasteiger charge is 2.24. The molecule has 3 unspecified atom stereocenters. The first-order chi connectivity index (χ1) is 7.94. The number of aliphatic hydroxyl groups excluding tert-OH is 1. The fourth-order valence-corrected chi connectivity index (χ4v) is 2.67. The number of ether oxygens (including phenoxy) is 1. The first-order valence-corrected chi connectivity index (χ1v) is 6.91. The summed E-state index contributed by atoms with van der Waals surface area (Å²) in [7, 11) is 1.76. The lowest BCUT2D eigenvalue weighted by molar-refractivity contribution is 0.00687. The van der Waals surface area contributed by atoms with E-state index in [9.17, 15) is 5.11 Å². The number of rotatable bonds is 6. The van der Waals surface area contributed by atoms with E-state index in [2.05, 4.69) is 26.1 Å². The van der Waals surface area contributed by atoms with Crippen molar-refractivity contribution in [2.45, 2.75) is 70.6 Å². The van der Waals surface area contributed by atoms with Crippen molar-refractivity contribution in [3.05, 3.63) is 0 Å². The molecule has 1 rings (SSSR count). The van der Waals surface area contributed by atoms with Gasteiger partial charge < -0.3 is 15.2 Å². The molecule has 1 aliphatic rings. The second kappa shape index (κ2) is 6.72. The van der Waals surface area contributed by atoms with E-state index < -0.39 is 0 Å². The molecule has 1 aliphatic carbocycles. The van der Waals surface area contributed by atoms with Gasteiger partial charge in [-0.3, -0.25) is 0 Å². The summed E-state index contributed by atoms with van der Waals surface area (Å²) in [5.41, 5.74) is -0.0718. The zero-order valence-electron chi connectivity index (χ0n) is 11.8. The van der Waals surface area contributed by atoms with Crippen molar-refractivity contribution in [2.24, 2.45) is 5.92 Å². The van der Waals surface area contributed by atoms with Crippen LogP contribution in [0.2, 0.25) is 0 Å². The molecule has 0 spiro atoms. The molecule has 0 aliphatic heterocycles. The van der Waals surface area contributed by atoms with Crippen molar-refractivity contribution in [1.82, 2.24) is 5.32 Å². The molecule has 2 N–H and O–H groups in total. The Morgan fingerprint density at radius 3 is 2.59 bits per heavy atom. The summed E-state index contributed by atoms with van der Waals surface area (Å²) < 4.78 is 5.43. The maximum Gasteiger partial charge on any atom is 0.0637 e. The van der Waals surface area contributed by atoms with Gasteiger partial charge in [0.15, 0.2) is 0 Å². The third-order valence-corrected chi connectivity index (χ3v) is 3.95. The Balaban J connectivity index is 2.25. The van der Waals surface area contributed by atoms with E-state index in [0.29, 0.717) is 12.0 Å². The Kier molecular flexibility index (Phi) is 5.90. The summed E-state index contributed by atoms with van der Waals surface area (Å²) in [4.78, 5) is 0. The lowest BCUT2D eigenvalue weighted by Gasteiger charge is -2.31. The van der Waals surface area contributed by atoms with E-state index in [1.165, 1.54) is 12.8 Å². The van der Waals surface area contributed by atoms with E-state index >= 15 is 0 Å². The molecular formula is C14H29NO2. The van der Waals surface area contributed by atoms with Gasteiger partial charge in [0, 0.05) is 19.7 Å². The van der Waals surface area contributed by atoms with Crippen LogP contribution in [0.15, 0.2) is 0 Å². The van der Waals surface area contributed by atoms with Crippen LogP contribution in [0.5, 0.6) is 0 Å². The molecule has 1 saturated carbocycles. The molecule has 1 fully saturated rings. The standard InChI is InChI=1S/C14H29NO2/c1-11(9-14(2,3)17-4)15-10-12-7-5-6-8-13(12)16/h11-13,15-16H,5-10H2,1-4H3. The van der Waals surface area contributed by atoms with Crippen LogP contribution in [0.4, 0.5) is 0 Å². The summed E-state index contributed by atoms with van der Waals surface area (Å²) in [5.74, 6) is 0.442. The first kappa shape index (κ1) is 14.9. The number of hydrogen-bond donors (Lipinski definition) is 2. The predicted octanol–water partition coefficient (Wildman–Crippen LogP) is 2.33. The molecule has 0 amide bonds. The van der Waals surface area contributed by atoms with Crippen LogP contribution in [0.3, 0.4) is 0 Å². The number of methoxy groups -OCH3 is 1. The molecule has 0 aromatic heterocycles. The van der Waals surface area contributed by atoms with Gasteiger partial charge in [0.05, 0.1) is 11.7 Å². The molecule has 0 heterocycles. The van der Waals surface area contributed by atoms with E-state index in [4.69, 9.17) is 4.74 Å². The van der Waals surface area contributed by atoms with Crippen LogP contribution in [-0.4, -0.2) is 36.5 Å². The van der Waals surface area contributed by atoms with Crippen LogP contribution < -0.4 is 5.32 Å². The topological polar surface area (TPSA) is 41.5 Å². The highest BCUT2D eigenvalue weighted by atomic mass is 16.5. The fourth-order valence-electron chi connectivity index (χ4n) is 2.67. The average molecular weight is 243 g/mol. The Labute approximate surface area is 106 Å². The summed E-state index contributed by atoms with van der Waals surface area (Å²) in [6.07, 6.45) is 5.48. The number of hydrogen-bond acceptors (Lipinski definition) is 3. The molecule has 3 atom stereocenters. The minimum Gasteiger partial charge on any atom is -0.393 e. The normalized spacial score (nSPS) is 28.1. The van der Waals surface area contributed by atoms with E-state index in [0.717, 1.165) is 25.8 Å². The largest absolute Gasteiger partial charge is 0.393 e. The molecule has 17 heavy (non-hydrogen) atoms. The van der Waals surface area contributed by atoms with Gasteiger partial charge in [0.2, 0.25) is 0 Å². The van der Waals surface area contributed by atoms with Gasteiger partial charge in [0.25, 0.3) is 0 Å². The molecule has 0 aromatic rings. The summed E-state index contributed by atoms with van der Waals surface area (Å²) in [6.45, 7) is 7.35. The van der Waals surface area contributed by atoms with E-state index in [-0.39, 0.29) is 11.7 Å². The molecule has 3 heteroatoms. The van der Waals surface area contributed by atoms with Crippen molar-refractivity contribution in [3.63, 3.8) is 0 Å². The molecule has 0 saturated heterocycles. The number of nitrogens with one attached hydrogen (secondary N) is 1. The molecule has 102 valence electrons. The second-order valence-electron chi connectivity index (χ2n) is 6.09. The zero-order valence-corrected chi connectivity index (χ0v) is 11.8. The minimum absolute atomic E-state index is 0.0718.